The van der Waals surface area contributed by atoms with E-state index in [0.717, 1.165) is 42.7 Å². The van der Waals surface area contributed by atoms with Crippen LogP contribution in [0, 0.1) is 6.92 Å². The Hall–Kier alpha value is -2.83. The second-order valence-electron chi connectivity index (χ2n) is 7.95. The molecule has 1 N–H and O–H groups in total. The number of piperidine rings is 1. The van der Waals surface area contributed by atoms with Crippen LogP contribution in [0.4, 0.5) is 4.79 Å². The number of hydrogen-bond acceptors (Lipinski definition) is 5. The second-order valence-corrected chi connectivity index (χ2v) is 7.95. The van der Waals surface area contributed by atoms with Gasteiger partial charge in [0.05, 0.1) is 12.3 Å². The van der Waals surface area contributed by atoms with Crippen molar-refractivity contribution in [3.05, 3.63) is 41.3 Å². The Bertz CT molecular complexity index is 867. The lowest BCUT2D eigenvalue weighted by Crippen LogP contribution is -2.46. The van der Waals surface area contributed by atoms with Gasteiger partial charge in [-0.1, -0.05) is 19.1 Å². The van der Waals surface area contributed by atoms with Crippen LogP contribution < -0.4 is 5.32 Å². The molecule has 0 radical (unpaired) electrons. The highest BCUT2D eigenvalue weighted by atomic mass is 16.6. The van der Waals surface area contributed by atoms with Gasteiger partial charge in [0.15, 0.2) is 0 Å². The van der Waals surface area contributed by atoms with E-state index in [9.17, 15) is 9.59 Å². The molecule has 0 spiro atoms. The number of amides is 2. The zero-order valence-electron chi connectivity index (χ0n) is 18.8. The van der Waals surface area contributed by atoms with E-state index in [1.165, 1.54) is 5.56 Å². The monoisotopic (exact) mass is 427 g/mol. The SMILES string of the molecule is CCOC(=O)N1CCC(NC(=O)CCCc2nc(-c3ccc(CC)cc3)oc2C)CC1. The third kappa shape index (κ3) is 6.32. The van der Waals surface area contributed by atoms with Crippen LogP contribution >= 0.6 is 0 Å². The number of carbonyl (C=O) groups is 2. The van der Waals surface area contributed by atoms with Crippen molar-refractivity contribution in [3.8, 4) is 11.5 Å². The average molecular weight is 428 g/mol. The number of rotatable bonds is 8. The predicted molar refractivity (Wildman–Crippen MR) is 119 cm³/mol. The third-order valence-electron chi connectivity index (χ3n) is 5.71. The molecule has 7 heteroatoms. The normalized spacial score (nSPS) is 14.5. The first kappa shape index (κ1) is 22.8. The molecule has 2 amide bonds. The zero-order valence-corrected chi connectivity index (χ0v) is 18.8. The summed E-state index contributed by atoms with van der Waals surface area (Å²) in [5.74, 6) is 1.49. The molecule has 2 aromatic rings. The van der Waals surface area contributed by atoms with Crippen molar-refractivity contribution in [2.75, 3.05) is 19.7 Å². The number of oxazole rings is 1. The Kier molecular flexibility index (Phi) is 8.09. The smallest absolute Gasteiger partial charge is 0.409 e. The minimum Gasteiger partial charge on any atom is -0.450 e. The van der Waals surface area contributed by atoms with Gasteiger partial charge in [-0.2, -0.15) is 0 Å². The van der Waals surface area contributed by atoms with Crippen LogP contribution in [0.3, 0.4) is 0 Å². The fourth-order valence-electron chi connectivity index (χ4n) is 3.80. The van der Waals surface area contributed by atoms with Crippen molar-refractivity contribution in [1.82, 2.24) is 15.2 Å². The maximum atomic E-state index is 12.3. The second kappa shape index (κ2) is 11.0. The first-order chi connectivity index (χ1) is 15.0. The molecule has 1 fully saturated rings. The van der Waals surface area contributed by atoms with E-state index >= 15 is 0 Å². The fourth-order valence-corrected chi connectivity index (χ4v) is 3.80. The Balaban J connectivity index is 1.41. The summed E-state index contributed by atoms with van der Waals surface area (Å²) < 4.78 is 10.9. The van der Waals surface area contributed by atoms with Crippen LogP contribution in [-0.4, -0.2) is 47.6 Å². The Labute approximate surface area is 184 Å². The number of benzene rings is 1. The van der Waals surface area contributed by atoms with Crippen LogP contribution in [0.2, 0.25) is 0 Å². The molecule has 3 rings (SSSR count). The Morgan fingerprint density at radius 1 is 1.19 bits per heavy atom. The summed E-state index contributed by atoms with van der Waals surface area (Å²) >= 11 is 0. The first-order valence-corrected chi connectivity index (χ1v) is 11.3. The van der Waals surface area contributed by atoms with E-state index in [4.69, 9.17) is 9.15 Å². The van der Waals surface area contributed by atoms with E-state index in [2.05, 4.69) is 29.4 Å². The van der Waals surface area contributed by atoms with Crippen molar-refractivity contribution in [2.24, 2.45) is 0 Å². The molecule has 0 aliphatic carbocycles. The lowest BCUT2D eigenvalue weighted by atomic mass is 10.0. The van der Waals surface area contributed by atoms with Crippen molar-refractivity contribution in [1.29, 1.82) is 0 Å². The van der Waals surface area contributed by atoms with Gasteiger partial charge in [-0.15, -0.1) is 0 Å². The van der Waals surface area contributed by atoms with Crippen molar-refractivity contribution >= 4 is 12.0 Å². The van der Waals surface area contributed by atoms with Crippen LogP contribution in [0.1, 0.15) is 56.5 Å². The van der Waals surface area contributed by atoms with E-state index in [0.29, 0.717) is 38.4 Å². The minimum atomic E-state index is -0.268. The molecule has 0 saturated carbocycles. The van der Waals surface area contributed by atoms with Gasteiger partial charge in [0.2, 0.25) is 11.8 Å². The van der Waals surface area contributed by atoms with Gasteiger partial charge in [-0.3, -0.25) is 4.79 Å². The highest BCUT2D eigenvalue weighted by Gasteiger charge is 2.24. The lowest BCUT2D eigenvalue weighted by molar-refractivity contribution is -0.122. The zero-order chi connectivity index (χ0) is 22.2. The molecule has 0 atom stereocenters. The number of aryl methyl sites for hydroxylation is 3. The van der Waals surface area contributed by atoms with Crippen molar-refractivity contribution in [2.45, 2.75) is 65.3 Å². The molecule has 0 unspecified atom stereocenters. The van der Waals surface area contributed by atoms with Gasteiger partial charge < -0.3 is 19.4 Å². The summed E-state index contributed by atoms with van der Waals surface area (Å²) in [6, 6.07) is 8.37. The van der Waals surface area contributed by atoms with Crippen molar-refractivity contribution in [3.63, 3.8) is 0 Å². The molecule has 1 aliphatic heterocycles. The van der Waals surface area contributed by atoms with Gasteiger partial charge in [0, 0.05) is 31.1 Å². The summed E-state index contributed by atoms with van der Waals surface area (Å²) in [4.78, 5) is 30.4. The number of carbonyl (C=O) groups excluding carboxylic acids is 2. The molecule has 7 nitrogen and oxygen atoms in total. The predicted octanol–water partition coefficient (Wildman–Crippen LogP) is 4.27. The molecular formula is C24H33N3O4. The summed E-state index contributed by atoms with van der Waals surface area (Å²) in [6.07, 6.45) is 4.12. The number of aromatic nitrogens is 1. The summed E-state index contributed by atoms with van der Waals surface area (Å²) in [5, 5.41) is 3.09. The lowest BCUT2D eigenvalue weighted by Gasteiger charge is -2.31. The number of hydrogen-bond donors (Lipinski definition) is 1. The van der Waals surface area contributed by atoms with E-state index in [1.54, 1.807) is 11.8 Å². The number of nitrogens with one attached hydrogen (secondary N) is 1. The van der Waals surface area contributed by atoms with Gasteiger partial charge in [0.1, 0.15) is 5.76 Å². The quantitative estimate of drug-likeness (QED) is 0.680. The standard InChI is InChI=1S/C24H33N3O4/c1-4-18-9-11-19(12-10-18)23-26-21(17(3)31-23)7-6-8-22(28)25-20-13-15-27(16-14-20)24(29)30-5-2/h9-12,20H,4-8,13-16H2,1-3H3,(H,25,28). The van der Waals surface area contributed by atoms with E-state index in [1.807, 2.05) is 19.1 Å². The van der Waals surface area contributed by atoms with Crippen LogP contribution in [0.15, 0.2) is 28.7 Å². The molecule has 1 aromatic carbocycles. The van der Waals surface area contributed by atoms with Crippen LogP contribution in [0.25, 0.3) is 11.5 Å². The average Bonchev–Trinajstić information content (AvgIpc) is 3.15. The third-order valence-corrected chi connectivity index (χ3v) is 5.71. The maximum absolute atomic E-state index is 12.3. The van der Waals surface area contributed by atoms with Gasteiger partial charge in [-0.05, 0) is 63.6 Å². The van der Waals surface area contributed by atoms with E-state index in [-0.39, 0.29) is 18.0 Å². The molecule has 1 aromatic heterocycles. The highest BCUT2D eigenvalue weighted by molar-refractivity contribution is 5.76. The summed E-state index contributed by atoms with van der Waals surface area (Å²) in [5.41, 5.74) is 3.16. The molecule has 168 valence electrons. The van der Waals surface area contributed by atoms with Gasteiger partial charge in [-0.25, -0.2) is 9.78 Å². The molecule has 2 heterocycles. The topological polar surface area (TPSA) is 84.7 Å². The summed E-state index contributed by atoms with van der Waals surface area (Å²) in [7, 11) is 0. The molecule has 31 heavy (non-hydrogen) atoms. The number of nitrogens with zero attached hydrogens (tertiary/aromatic N) is 2. The number of likely N-dealkylation sites (tertiary alicyclic amines) is 1. The molecule has 1 aliphatic rings. The number of ether oxygens (including phenoxy) is 1. The molecule has 0 bridgehead atoms. The largest absolute Gasteiger partial charge is 0.450 e. The van der Waals surface area contributed by atoms with Crippen molar-refractivity contribution < 1.29 is 18.7 Å². The fraction of sp³-hybridized carbons (Fsp3) is 0.542. The Morgan fingerprint density at radius 3 is 2.55 bits per heavy atom. The minimum absolute atomic E-state index is 0.0473. The Morgan fingerprint density at radius 2 is 1.90 bits per heavy atom. The van der Waals surface area contributed by atoms with Gasteiger partial charge in [0.25, 0.3) is 0 Å². The van der Waals surface area contributed by atoms with E-state index < -0.39 is 0 Å². The molecule has 1 saturated heterocycles. The first-order valence-electron chi connectivity index (χ1n) is 11.3. The highest BCUT2D eigenvalue weighted by Crippen LogP contribution is 2.23. The maximum Gasteiger partial charge on any atom is 0.409 e. The van der Waals surface area contributed by atoms with Crippen LogP contribution in [-0.2, 0) is 22.4 Å². The molecular weight excluding hydrogens is 394 g/mol. The van der Waals surface area contributed by atoms with Gasteiger partial charge >= 0.3 is 6.09 Å². The van der Waals surface area contributed by atoms with Crippen LogP contribution in [0.5, 0.6) is 0 Å². The summed E-state index contributed by atoms with van der Waals surface area (Å²) in [6.45, 7) is 7.46.